The Balaban J connectivity index is 1.38. The molecule has 4 rings (SSSR count). The molecule has 1 heterocycles. The molecule has 2 aromatic carbocycles. The number of nitrogens with one attached hydrogen (secondary N) is 1. The molecule has 0 atom stereocenters. The predicted octanol–water partition coefficient (Wildman–Crippen LogP) is 4.68. The lowest BCUT2D eigenvalue weighted by molar-refractivity contribution is -0.126. The predicted molar refractivity (Wildman–Crippen MR) is 134 cm³/mol. The van der Waals surface area contributed by atoms with E-state index in [1.165, 1.54) is 11.9 Å². The Morgan fingerprint density at radius 3 is 2.23 bits per heavy atom. The van der Waals surface area contributed by atoms with Crippen LogP contribution in [0, 0.1) is 12.3 Å². The average Bonchev–Trinajstić information content (AvgIpc) is 3.38. The first kappa shape index (κ1) is 24.4. The summed E-state index contributed by atoms with van der Waals surface area (Å²) in [5, 5.41) is 12.4. The number of carbonyl (C=O) groups is 3. The molecule has 1 aliphatic carbocycles. The van der Waals surface area contributed by atoms with Gasteiger partial charge in [0.1, 0.15) is 17.2 Å². The van der Waals surface area contributed by atoms with Gasteiger partial charge in [0.05, 0.1) is 11.1 Å². The van der Waals surface area contributed by atoms with Gasteiger partial charge in [-0.15, -0.1) is 0 Å². The normalized spacial score (nSPS) is 12.6. The van der Waals surface area contributed by atoms with Crippen LogP contribution in [0.4, 0.5) is 9.80 Å². The number of ether oxygens (including phenoxy) is 1. The topological polar surface area (TPSA) is 109 Å². The fourth-order valence-corrected chi connectivity index (χ4v) is 5.24. The number of carboxylic acid groups (broad SMARTS) is 1. The van der Waals surface area contributed by atoms with Crippen LogP contribution in [0.3, 0.4) is 0 Å². The molecule has 182 valence electrons. The molecule has 0 aliphatic heterocycles. The number of hydrogen-bond acceptors (Lipinski definition) is 6. The lowest BCUT2D eigenvalue weighted by atomic mass is 9.91. The van der Waals surface area contributed by atoms with Crippen LogP contribution in [-0.2, 0) is 9.53 Å². The molecule has 1 aromatic heterocycles. The zero-order valence-corrected chi connectivity index (χ0v) is 20.8. The number of alkyl carbamates (subject to hydrolysis) is 1. The second kappa shape index (κ2) is 9.50. The van der Waals surface area contributed by atoms with Crippen LogP contribution in [0.2, 0.25) is 0 Å². The van der Waals surface area contributed by atoms with Gasteiger partial charge < -0.3 is 20.1 Å². The first-order valence-corrected chi connectivity index (χ1v) is 12.0. The number of rotatable bonds is 7. The third kappa shape index (κ3) is 4.64. The van der Waals surface area contributed by atoms with E-state index in [9.17, 15) is 19.5 Å². The van der Waals surface area contributed by atoms with Crippen LogP contribution >= 0.6 is 11.5 Å². The van der Waals surface area contributed by atoms with Gasteiger partial charge in [0.15, 0.2) is 0 Å². The number of nitrogens with zero attached hydrogens (tertiary/aromatic N) is 2. The largest absolute Gasteiger partial charge is 0.478 e. The first-order chi connectivity index (χ1) is 16.6. The molecule has 1 aliphatic rings. The minimum atomic E-state index is -1.14. The first-order valence-electron chi connectivity index (χ1n) is 11.2. The molecule has 3 aromatic rings. The zero-order valence-electron chi connectivity index (χ0n) is 20.0. The molecule has 2 N–H and O–H groups in total. The van der Waals surface area contributed by atoms with Crippen LogP contribution < -0.4 is 10.2 Å². The minimum absolute atomic E-state index is 0.00569. The highest BCUT2D eigenvalue weighted by Crippen LogP contribution is 2.44. The molecule has 0 spiro atoms. The molecule has 0 saturated carbocycles. The molecule has 0 fully saturated rings. The van der Waals surface area contributed by atoms with E-state index in [0.717, 1.165) is 33.8 Å². The van der Waals surface area contributed by atoms with Gasteiger partial charge in [-0.05, 0) is 54.6 Å². The van der Waals surface area contributed by atoms with Crippen molar-refractivity contribution in [3.63, 3.8) is 0 Å². The van der Waals surface area contributed by atoms with Crippen molar-refractivity contribution in [2.24, 2.45) is 5.41 Å². The van der Waals surface area contributed by atoms with E-state index in [2.05, 4.69) is 21.8 Å². The molecular formula is C26H27N3O5S. The van der Waals surface area contributed by atoms with Crippen molar-refractivity contribution in [1.29, 1.82) is 0 Å². The summed E-state index contributed by atoms with van der Waals surface area (Å²) in [5.41, 5.74) is 3.88. The number of fused-ring (bicyclic) bond motifs is 3. The molecule has 0 bridgehead atoms. The highest BCUT2D eigenvalue weighted by atomic mass is 32.1. The Morgan fingerprint density at radius 1 is 1.09 bits per heavy atom. The summed E-state index contributed by atoms with van der Waals surface area (Å²) in [6.45, 7) is 5.16. The smallest absolute Gasteiger partial charge is 0.407 e. The summed E-state index contributed by atoms with van der Waals surface area (Å²) in [6.07, 6.45) is -0.616. The highest BCUT2D eigenvalue weighted by Gasteiger charge is 2.35. The van der Waals surface area contributed by atoms with E-state index in [4.69, 9.17) is 4.74 Å². The van der Waals surface area contributed by atoms with Gasteiger partial charge in [0, 0.05) is 19.5 Å². The van der Waals surface area contributed by atoms with E-state index in [-0.39, 0.29) is 35.5 Å². The third-order valence-corrected chi connectivity index (χ3v) is 7.28. The molecule has 9 heteroatoms. The minimum Gasteiger partial charge on any atom is -0.478 e. The number of aromatic nitrogens is 1. The molecule has 8 nitrogen and oxygen atoms in total. The number of aryl methyl sites for hydroxylation is 1. The van der Waals surface area contributed by atoms with Crippen molar-refractivity contribution in [2.75, 3.05) is 25.1 Å². The van der Waals surface area contributed by atoms with Crippen LogP contribution in [-0.4, -0.2) is 47.6 Å². The lowest BCUT2D eigenvalue weighted by Crippen LogP contribution is -2.46. The maximum Gasteiger partial charge on any atom is 0.407 e. The number of amides is 2. The van der Waals surface area contributed by atoms with Crippen molar-refractivity contribution in [3.05, 3.63) is 70.9 Å². The van der Waals surface area contributed by atoms with Crippen molar-refractivity contribution in [3.8, 4) is 11.1 Å². The van der Waals surface area contributed by atoms with E-state index in [0.29, 0.717) is 5.69 Å². The standard InChI is InChI=1S/C26H27N3O5S/c1-15-21(23(30)31)22(35-28-15)29(4)24(32)26(2,3)14-27-25(33)34-13-20-18-11-7-5-9-16(18)17-10-6-8-12-19(17)20/h5-12,20H,13-14H2,1-4H3,(H,27,33)(H,30,31). The van der Waals surface area contributed by atoms with Gasteiger partial charge in [-0.2, -0.15) is 4.37 Å². The van der Waals surface area contributed by atoms with Crippen molar-refractivity contribution in [1.82, 2.24) is 9.69 Å². The van der Waals surface area contributed by atoms with Gasteiger partial charge in [0.25, 0.3) is 0 Å². The van der Waals surface area contributed by atoms with Gasteiger partial charge in [0.2, 0.25) is 5.91 Å². The number of benzene rings is 2. The van der Waals surface area contributed by atoms with Crippen molar-refractivity contribution < 1.29 is 24.2 Å². The van der Waals surface area contributed by atoms with E-state index in [1.807, 2.05) is 36.4 Å². The summed E-state index contributed by atoms with van der Waals surface area (Å²) < 4.78 is 9.62. The summed E-state index contributed by atoms with van der Waals surface area (Å²) >= 11 is 0.955. The van der Waals surface area contributed by atoms with Crippen molar-refractivity contribution in [2.45, 2.75) is 26.7 Å². The van der Waals surface area contributed by atoms with E-state index < -0.39 is 17.5 Å². The van der Waals surface area contributed by atoms with Crippen LogP contribution in [0.1, 0.15) is 46.9 Å². The Labute approximate surface area is 207 Å². The SMILES string of the molecule is Cc1nsc(N(C)C(=O)C(C)(C)CNC(=O)OCC2c3ccccc3-c3ccccc32)c1C(=O)O. The van der Waals surface area contributed by atoms with Crippen molar-refractivity contribution >= 4 is 34.5 Å². The summed E-state index contributed by atoms with van der Waals surface area (Å²) in [6, 6.07) is 16.2. The maximum atomic E-state index is 13.1. The Bertz CT molecular complexity index is 1250. The fraction of sp³-hybridized carbons (Fsp3) is 0.308. The number of carboxylic acids is 1. The van der Waals surface area contributed by atoms with Gasteiger partial charge in [-0.25, -0.2) is 9.59 Å². The van der Waals surface area contributed by atoms with E-state index in [1.54, 1.807) is 20.8 Å². The number of carbonyl (C=O) groups excluding carboxylic acids is 2. The van der Waals surface area contributed by atoms with Gasteiger partial charge in [-0.3, -0.25) is 4.79 Å². The molecule has 0 saturated heterocycles. The number of anilines is 1. The molecule has 35 heavy (non-hydrogen) atoms. The third-order valence-electron chi connectivity index (χ3n) is 6.27. The zero-order chi connectivity index (χ0) is 25.3. The Kier molecular flexibility index (Phi) is 6.62. The van der Waals surface area contributed by atoms with E-state index >= 15 is 0 Å². The number of hydrogen-bond donors (Lipinski definition) is 2. The summed E-state index contributed by atoms with van der Waals surface area (Å²) in [7, 11) is 1.51. The van der Waals surface area contributed by atoms with Gasteiger partial charge in [-0.1, -0.05) is 48.5 Å². The lowest BCUT2D eigenvalue weighted by Gasteiger charge is -2.29. The molecular weight excluding hydrogens is 466 g/mol. The molecule has 0 radical (unpaired) electrons. The Morgan fingerprint density at radius 2 is 1.66 bits per heavy atom. The quantitative estimate of drug-likeness (QED) is 0.495. The van der Waals surface area contributed by atoms with Crippen LogP contribution in [0.5, 0.6) is 0 Å². The van der Waals surface area contributed by atoms with Crippen LogP contribution in [0.15, 0.2) is 48.5 Å². The maximum absolute atomic E-state index is 13.1. The van der Waals surface area contributed by atoms with Crippen LogP contribution in [0.25, 0.3) is 11.1 Å². The van der Waals surface area contributed by atoms with Gasteiger partial charge >= 0.3 is 12.1 Å². The molecule has 0 unspecified atom stereocenters. The summed E-state index contributed by atoms with van der Waals surface area (Å²) in [5.74, 6) is -1.54. The highest BCUT2D eigenvalue weighted by molar-refractivity contribution is 7.11. The Hall–Kier alpha value is -3.72. The second-order valence-electron chi connectivity index (χ2n) is 9.18. The molecule has 2 amide bonds. The second-order valence-corrected chi connectivity index (χ2v) is 9.93. The summed E-state index contributed by atoms with van der Waals surface area (Å²) in [4.78, 5) is 38.5. The fourth-order valence-electron chi connectivity index (χ4n) is 4.40. The monoisotopic (exact) mass is 493 g/mol. The number of aromatic carboxylic acids is 1. The average molecular weight is 494 g/mol.